The first-order valence-corrected chi connectivity index (χ1v) is 9.57. The van der Waals surface area contributed by atoms with E-state index in [0.717, 1.165) is 4.31 Å². The lowest BCUT2D eigenvalue weighted by Gasteiger charge is -2.23. The molecule has 0 aromatic heterocycles. The van der Waals surface area contributed by atoms with Crippen molar-refractivity contribution in [2.24, 2.45) is 0 Å². The van der Waals surface area contributed by atoms with Crippen molar-refractivity contribution in [2.75, 3.05) is 18.0 Å². The molecule has 0 radical (unpaired) electrons. The summed E-state index contributed by atoms with van der Waals surface area (Å²) in [6, 6.07) is 12.3. The summed E-state index contributed by atoms with van der Waals surface area (Å²) in [5.41, 5.74) is 0.900. The quantitative estimate of drug-likeness (QED) is 0.711. The predicted molar refractivity (Wildman–Crippen MR) is 98.6 cm³/mol. The molecule has 2 aromatic rings. The number of benzene rings is 2. The Labute approximate surface area is 159 Å². The van der Waals surface area contributed by atoms with Crippen LogP contribution in [-0.2, 0) is 21.2 Å². The van der Waals surface area contributed by atoms with Crippen LogP contribution in [0.25, 0.3) is 0 Å². The Hall–Kier alpha value is -2.57. The van der Waals surface area contributed by atoms with E-state index in [0.29, 0.717) is 15.8 Å². The van der Waals surface area contributed by atoms with E-state index in [-0.39, 0.29) is 17.0 Å². The van der Waals surface area contributed by atoms with Crippen molar-refractivity contribution in [1.82, 2.24) is 0 Å². The molecule has 0 unspecified atom stereocenters. The van der Waals surface area contributed by atoms with Crippen LogP contribution in [0.15, 0.2) is 51.8 Å². The van der Waals surface area contributed by atoms with Gasteiger partial charge >= 0.3 is 5.97 Å². The number of rotatable bonds is 7. The van der Waals surface area contributed by atoms with Crippen molar-refractivity contribution in [2.45, 2.75) is 11.3 Å². The van der Waals surface area contributed by atoms with Crippen LogP contribution >= 0.6 is 15.9 Å². The molecule has 0 heterocycles. The van der Waals surface area contributed by atoms with Gasteiger partial charge in [-0.05, 0) is 51.8 Å². The second kappa shape index (κ2) is 8.21. The molecule has 0 bridgehead atoms. The van der Waals surface area contributed by atoms with E-state index in [1.165, 1.54) is 37.4 Å². The lowest BCUT2D eigenvalue weighted by atomic mass is 10.1. The van der Waals surface area contributed by atoms with Crippen LogP contribution in [-0.4, -0.2) is 33.1 Å². The molecule has 1 N–H and O–H groups in total. The van der Waals surface area contributed by atoms with E-state index >= 15 is 0 Å². The number of sulfonamides is 1. The Bertz CT molecular complexity index is 952. The molecule has 0 aliphatic rings. The highest BCUT2D eigenvalue weighted by molar-refractivity contribution is 9.10. The third kappa shape index (κ3) is 4.33. The van der Waals surface area contributed by atoms with Gasteiger partial charge in [-0.3, -0.25) is 9.10 Å². The van der Waals surface area contributed by atoms with Crippen molar-refractivity contribution in [3.05, 3.63) is 52.5 Å². The molecule has 7 nitrogen and oxygen atoms in total. The molecule has 0 spiro atoms. The summed E-state index contributed by atoms with van der Waals surface area (Å²) in [6.07, 6.45) is 0.178. The van der Waals surface area contributed by atoms with Crippen molar-refractivity contribution < 1.29 is 23.1 Å². The lowest BCUT2D eigenvalue weighted by molar-refractivity contribution is -0.135. The summed E-state index contributed by atoms with van der Waals surface area (Å²) in [6.45, 7) is -0.733. The molecular weight excluding hydrogens is 424 g/mol. The van der Waals surface area contributed by atoms with E-state index in [9.17, 15) is 13.2 Å². The first-order chi connectivity index (χ1) is 12.3. The number of carboxylic acid groups (broad SMARTS) is 1. The maximum Gasteiger partial charge on any atom is 0.324 e. The standard InChI is InChI=1S/C17H15BrN2O5S/c1-25-16-7-6-14(10-15(16)18)26(23,24)20(11-17(21)22)13-4-2-12(3-5-13)8-9-19/h2-7,10H,8,11H2,1H3,(H,21,22). The molecule has 2 aromatic carbocycles. The smallest absolute Gasteiger partial charge is 0.324 e. The fourth-order valence-electron chi connectivity index (χ4n) is 2.24. The van der Waals surface area contributed by atoms with Gasteiger partial charge in [-0.15, -0.1) is 0 Å². The number of anilines is 1. The molecule has 136 valence electrons. The Balaban J connectivity index is 2.49. The van der Waals surface area contributed by atoms with Gasteiger partial charge in [0.2, 0.25) is 0 Å². The van der Waals surface area contributed by atoms with Gasteiger partial charge in [0.05, 0.1) is 34.7 Å². The SMILES string of the molecule is COc1ccc(S(=O)(=O)N(CC(=O)O)c2ccc(CC#N)cc2)cc1Br. The van der Waals surface area contributed by atoms with Crippen LogP contribution in [0.1, 0.15) is 5.56 Å². The number of aliphatic carboxylic acids is 1. The maximum atomic E-state index is 13.0. The maximum absolute atomic E-state index is 13.0. The zero-order chi connectivity index (χ0) is 19.3. The third-order valence-corrected chi connectivity index (χ3v) is 5.89. The molecule has 26 heavy (non-hydrogen) atoms. The van der Waals surface area contributed by atoms with Crippen molar-refractivity contribution in [3.8, 4) is 11.8 Å². The van der Waals surface area contributed by atoms with Crippen LogP contribution < -0.4 is 9.04 Å². The monoisotopic (exact) mass is 438 g/mol. The number of nitriles is 1. The molecule has 0 aliphatic heterocycles. The van der Waals surface area contributed by atoms with Gasteiger partial charge in [0, 0.05) is 0 Å². The van der Waals surface area contributed by atoms with Gasteiger partial charge in [-0.1, -0.05) is 12.1 Å². The molecule has 0 saturated heterocycles. The Morgan fingerprint density at radius 2 is 1.92 bits per heavy atom. The van der Waals surface area contributed by atoms with Crippen molar-refractivity contribution >= 4 is 37.6 Å². The highest BCUT2D eigenvalue weighted by atomic mass is 79.9. The van der Waals surface area contributed by atoms with E-state index in [1.807, 2.05) is 6.07 Å². The molecular formula is C17H15BrN2O5S. The average Bonchev–Trinajstić information content (AvgIpc) is 2.60. The summed E-state index contributed by atoms with van der Waals surface area (Å²) in [4.78, 5) is 11.1. The highest BCUT2D eigenvalue weighted by Gasteiger charge is 2.27. The Kier molecular flexibility index (Phi) is 6.23. The molecule has 2 rings (SSSR count). The molecule has 9 heteroatoms. The number of nitrogens with zero attached hydrogens (tertiary/aromatic N) is 2. The van der Waals surface area contributed by atoms with E-state index in [4.69, 9.17) is 15.1 Å². The number of carboxylic acids is 1. The third-order valence-electron chi connectivity index (χ3n) is 3.50. The molecule has 0 fully saturated rings. The normalized spacial score (nSPS) is 10.8. The fraction of sp³-hybridized carbons (Fsp3) is 0.176. The average molecular weight is 439 g/mol. The number of methoxy groups -OCH3 is 1. The van der Waals surface area contributed by atoms with Gasteiger partial charge in [0.25, 0.3) is 10.0 Å². The second-order valence-corrected chi connectivity index (χ2v) is 7.92. The van der Waals surface area contributed by atoms with E-state index in [1.54, 1.807) is 12.1 Å². The summed E-state index contributed by atoms with van der Waals surface area (Å²) < 4.78 is 32.3. The number of carbonyl (C=O) groups is 1. The number of hydrogen-bond donors (Lipinski definition) is 1. The molecule has 0 aliphatic carbocycles. The minimum atomic E-state index is -4.12. The van der Waals surface area contributed by atoms with Crippen molar-refractivity contribution in [3.63, 3.8) is 0 Å². The van der Waals surface area contributed by atoms with Gasteiger partial charge in [-0.2, -0.15) is 5.26 Å². The topological polar surface area (TPSA) is 108 Å². The van der Waals surface area contributed by atoms with Gasteiger partial charge in [-0.25, -0.2) is 8.42 Å². The van der Waals surface area contributed by atoms with Gasteiger partial charge in [0.15, 0.2) is 0 Å². The molecule has 0 atom stereocenters. The fourth-order valence-corrected chi connectivity index (χ4v) is 4.38. The number of ether oxygens (including phenoxy) is 1. The minimum absolute atomic E-state index is 0.0764. The second-order valence-electron chi connectivity index (χ2n) is 5.20. The number of halogens is 1. The largest absolute Gasteiger partial charge is 0.496 e. The summed E-state index contributed by atoms with van der Waals surface area (Å²) in [5, 5.41) is 17.9. The zero-order valence-corrected chi connectivity index (χ0v) is 16.1. The molecule has 0 saturated carbocycles. The van der Waals surface area contributed by atoms with Gasteiger partial charge in [0.1, 0.15) is 12.3 Å². The van der Waals surface area contributed by atoms with E-state index < -0.39 is 22.5 Å². The Morgan fingerprint density at radius 3 is 2.42 bits per heavy atom. The molecule has 0 amide bonds. The summed E-state index contributed by atoms with van der Waals surface area (Å²) >= 11 is 3.23. The summed E-state index contributed by atoms with van der Waals surface area (Å²) in [7, 11) is -2.67. The van der Waals surface area contributed by atoms with Gasteiger partial charge < -0.3 is 9.84 Å². The van der Waals surface area contributed by atoms with E-state index in [2.05, 4.69) is 15.9 Å². The minimum Gasteiger partial charge on any atom is -0.496 e. The lowest BCUT2D eigenvalue weighted by Crippen LogP contribution is -2.35. The van der Waals surface area contributed by atoms with Crippen LogP contribution in [0, 0.1) is 11.3 Å². The first-order valence-electron chi connectivity index (χ1n) is 7.33. The Morgan fingerprint density at radius 1 is 1.27 bits per heavy atom. The predicted octanol–water partition coefficient (Wildman–Crippen LogP) is 2.80. The van der Waals surface area contributed by atoms with Crippen LogP contribution in [0.4, 0.5) is 5.69 Å². The van der Waals surface area contributed by atoms with Crippen molar-refractivity contribution in [1.29, 1.82) is 5.26 Å². The number of hydrogen-bond acceptors (Lipinski definition) is 5. The zero-order valence-electron chi connectivity index (χ0n) is 13.7. The summed E-state index contributed by atoms with van der Waals surface area (Å²) in [5.74, 6) is -0.836. The first kappa shape index (κ1) is 19.8. The highest BCUT2D eigenvalue weighted by Crippen LogP contribution is 2.30. The van der Waals surface area contributed by atoms with Crippen LogP contribution in [0.2, 0.25) is 0 Å². The van der Waals surface area contributed by atoms with Crippen LogP contribution in [0.3, 0.4) is 0 Å². The van der Waals surface area contributed by atoms with Crippen LogP contribution in [0.5, 0.6) is 5.75 Å².